The quantitative estimate of drug-likeness (QED) is 0.641. The minimum Gasteiger partial charge on any atom is -0.465 e. The fourth-order valence-corrected chi connectivity index (χ4v) is 1.71. The van der Waals surface area contributed by atoms with Gasteiger partial charge in [-0.2, -0.15) is 0 Å². The summed E-state index contributed by atoms with van der Waals surface area (Å²) in [7, 11) is 1.60. The normalized spacial score (nSPS) is 12.3. The Labute approximate surface area is 103 Å². The minimum atomic E-state index is -0.327. The second-order valence-electron chi connectivity index (χ2n) is 3.82. The molecule has 0 heterocycles. The van der Waals surface area contributed by atoms with Gasteiger partial charge in [0.15, 0.2) is 0 Å². The van der Waals surface area contributed by atoms with Crippen molar-refractivity contribution in [2.45, 2.75) is 39.7 Å². The summed E-state index contributed by atoms with van der Waals surface area (Å²) < 4.78 is 5.03. The molecule has 0 aliphatic carbocycles. The maximum atomic E-state index is 11.8. The molecule has 0 aromatic rings. The van der Waals surface area contributed by atoms with Gasteiger partial charge in [-0.25, -0.2) is 0 Å². The van der Waals surface area contributed by atoms with Crippen molar-refractivity contribution in [1.29, 1.82) is 0 Å². The van der Waals surface area contributed by atoms with Crippen molar-refractivity contribution < 1.29 is 14.3 Å². The van der Waals surface area contributed by atoms with Gasteiger partial charge in [0.05, 0.1) is 13.2 Å². The van der Waals surface area contributed by atoms with E-state index in [-0.39, 0.29) is 24.5 Å². The third-order valence-corrected chi connectivity index (χ3v) is 2.52. The zero-order valence-electron chi connectivity index (χ0n) is 11.3. The van der Waals surface area contributed by atoms with Crippen LogP contribution in [0.25, 0.3) is 0 Å². The summed E-state index contributed by atoms with van der Waals surface area (Å²) in [6, 6.07) is -0.327. The summed E-state index contributed by atoms with van der Waals surface area (Å²) >= 11 is 0. The number of carbonyl (C=O) groups excluding carboxylic acids is 2. The van der Waals surface area contributed by atoms with Crippen molar-refractivity contribution >= 4 is 11.9 Å². The van der Waals surface area contributed by atoms with Crippen LogP contribution >= 0.6 is 0 Å². The van der Waals surface area contributed by atoms with E-state index in [2.05, 4.69) is 5.32 Å². The Hall–Kier alpha value is -1.10. The van der Waals surface area contributed by atoms with Crippen LogP contribution in [-0.2, 0) is 14.3 Å². The van der Waals surface area contributed by atoms with Crippen molar-refractivity contribution in [3.63, 3.8) is 0 Å². The van der Waals surface area contributed by atoms with Gasteiger partial charge in [0, 0.05) is 7.05 Å². The summed E-state index contributed by atoms with van der Waals surface area (Å²) in [4.78, 5) is 25.0. The van der Waals surface area contributed by atoms with E-state index in [1.165, 1.54) is 0 Å². The van der Waals surface area contributed by atoms with Gasteiger partial charge in [-0.15, -0.1) is 0 Å². The fourth-order valence-electron chi connectivity index (χ4n) is 1.71. The Kier molecular flexibility index (Phi) is 8.40. The molecule has 17 heavy (non-hydrogen) atoms. The number of amides is 1. The number of hydrogen-bond donors (Lipinski definition) is 1. The number of nitrogens with zero attached hydrogens (tertiary/aromatic N) is 1. The van der Waals surface area contributed by atoms with Crippen molar-refractivity contribution in [2.75, 3.05) is 26.7 Å². The fraction of sp³-hybridized carbons (Fsp3) is 0.833. The van der Waals surface area contributed by atoms with Crippen molar-refractivity contribution in [2.24, 2.45) is 0 Å². The van der Waals surface area contributed by atoms with Crippen LogP contribution in [0.3, 0.4) is 0 Å². The molecule has 0 aliphatic heterocycles. The highest BCUT2D eigenvalue weighted by molar-refractivity contribution is 5.80. The molecule has 0 aromatic heterocycles. The number of nitrogens with one attached hydrogen (secondary N) is 1. The molecule has 0 aliphatic rings. The van der Waals surface area contributed by atoms with Crippen LogP contribution in [0.5, 0.6) is 0 Å². The third-order valence-electron chi connectivity index (χ3n) is 2.52. The molecule has 100 valence electrons. The lowest BCUT2D eigenvalue weighted by atomic mass is 10.2. The molecule has 0 saturated carbocycles. The summed E-state index contributed by atoms with van der Waals surface area (Å²) in [5.41, 5.74) is 0. The summed E-state index contributed by atoms with van der Waals surface area (Å²) in [5.74, 6) is -0.325. The molecule has 5 heteroatoms. The van der Waals surface area contributed by atoms with E-state index in [9.17, 15) is 9.59 Å². The van der Waals surface area contributed by atoms with Crippen LogP contribution in [0.2, 0.25) is 0 Å². The molecule has 5 nitrogen and oxygen atoms in total. The van der Waals surface area contributed by atoms with E-state index < -0.39 is 0 Å². The van der Waals surface area contributed by atoms with Crippen LogP contribution in [-0.4, -0.2) is 49.6 Å². The Morgan fingerprint density at radius 1 is 1.29 bits per heavy atom. The van der Waals surface area contributed by atoms with E-state index in [1.54, 1.807) is 14.0 Å². The van der Waals surface area contributed by atoms with Crippen molar-refractivity contribution in [3.05, 3.63) is 0 Å². The SMILES string of the molecule is CCCN(CC(=O)NC)C(CC)C(=O)OCC. The first-order valence-electron chi connectivity index (χ1n) is 6.21. The largest absolute Gasteiger partial charge is 0.465 e. The van der Waals surface area contributed by atoms with E-state index in [1.807, 2.05) is 18.7 Å². The summed E-state index contributed by atoms with van der Waals surface area (Å²) in [5, 5.41) is 2.57. The number of hydrogen-bond acceptors (Lipinski definition) is 4. The molecule has 0 spiro atoms. The average Bonchev–Trinajstić information content (AvgIpc) is 2.30. The molecule has 1 amide bonds. The topological polar surface area (TPSA) is 58.6 Å². The molecule has 0 aromatic carbocycles. The van der Waals surface area contributed by atoms with E-state index >= 15 is 0 Å². The van der Waals surface area contributed by atoms with Crippen LogP contribution in [0, 0.1) is 0 Å². The standard InChI is InChI=1S/C12H24N2O3/c1-5-8-14(9-11(15)13-4)10(6-2)12(16)17-7-3/h10H,5-9H2,1-4H3,(H,13,15). The molecule has 1 N–H and O–H groups in total. The first-order valence-corrected chi connectivity index (χ1v) is 6.21. The molecule has 0 radical (unpaired) electrons. The van der Waals surface area contributed by atoms with Crippen molar-refractivity contribution in [1.82, 2.24) is 10.2 Å². The zero-order chi connectivity index (χ0) is 13.3. The Morgan fingerprint density at radius 3 is 2.35 bits per heavy atom. The Bertz CT molecular complexity index is 244. The zero-order valence-corrected chi connectivity index (χ0v) is 11.3. The smallest absolute Gasteiger partial charge is 0.323 e. The van der Waals surface area contributed by atoms with Crippen LogP contribution in [0.15, 0.2) is 0 Å². The van der Waals surface area contributed by atoms with Gasteiger partial charge in [-0.3, -0.25) is 14.5 Å². The second kappa shape index (κ2) is 8.98. The predicted octanol–water partition coefficient (Wildman–Crippen LogP) is 0.786. The monoisotopic (exact) mass is 244 g/mol. The van der Waals surface area contributed by atoms with Gasteiger partial charge in [-0.05, 0) is 26.3 Å². The summed E-state index contributed by atoms with van der Waals surface area (Å²) in [6.45, 7) is 7.05. The number of rotatable bonds is 8. The number of ether oxygens (including phenoxy) is 1. The average molecular weight is 244 g/mol. The molecule has 0 bridgehead atoms. The van der Waals surface area contributed by atoms with Gasteiger partial charge < -0.3 is 10.1 Å². The van der Waals surface area contributed by atoms with Gasteiger partial charge >= 0.3 is 5.97 Å². The number of likely N-dealkylation sites (N-methyl/N-ethyl adjacent to an activating group) is 1. The van der Waals surface area contributed by atoms with Crippen LogP contribution in [0.4, 0.5) is 0 Å². The lowest BCUT2D eigenvalue weighted by Gasteiger charge is -2.28. The maximum Gasteiger partial charge on any atom is 0.323 e. The molecular formula is C12H24N2O3. The Morgan fingerprint density at radius 2 is 1.94 bits per heavy atom. The maximum absolute atomic E-state index is 11.8. The lowest BCUT2D eigenvalue weighted by molar-refractivity contribution is -0.150. The molecule has 0 rings (SSSR count). The second-order valence-corrected chi connectivity index (χ2v) is 3.82. The minimum absolute atomic E-state index is 0.0822. The van der Waals surface area contributed by atoms with Gasteiger partial charge in [0.2, 0.25) is 5.91 Å². The van der Waals surface area contributed by atoms with E-state index in [4.69, 9.17) is 4.74 Å². The number of carbonyl (C=O) groups is 2. The molecular weight excluding hydrogens is 220 g/mol. The van der Waals surface area contributed by atoms with Crippen molar-refractivity contribution in [3.8, 4) is 0 Å². The first-order chi connectivity index (χ1) is 8.10. The highest BCUT2D eigenvalue weighted by Crippen LogP contribution is 2.07. The van der Waals surface area contributed by atoms with E-state index in [0.29, 0.717) is 19.6 Å². The third kappa shape index (κ3) is 5.68. The summed E-state index contributed by atoms with van der Waals surface area (Å²) in [6.07, 6.45) is 1.54. The highest BCUT2D eigenvalue weighted by Gasteiger charge is 2.26. The van der Waals surface area contributed by atoms with E-state index in [0.717, 1.165) is 6.42 Å². The predicted molar refractivity (Wildman–Crippen MR) is 66.6 cm³/mol. The highest BCUT2D eigenvalue weighted by atomic mass is 16.5. The molecule has 0 fully saturated rings. The lowest BCUT2D eigenvalue weighted by Crippen LogP contribution is -2.46. The van der Waals surface area contributed by atoms with Gasteiger partial charge in [-0.1, -0.05) is 13.8 Å². The Balaban J connectivity index is 4.60. The van der Waals surface area contributed by atoms with Gasteiger partial charge in [0.1, 0.15) is 6.04 Å². The van der Waals surface area contributed by atoms with Gasteiger partial charge in [0.25, 0.3) is 0 Å². The van der Waals surface area contributed by atoms with Crippen LogP contribution < -0.4 is 5.32 Å². The number of esters is 1. The van der Waals surface area contributed by atoms with Crippen LogP contribution in [0.1, 0.15) is 33.6 Å². The molecule has 0 saturated heterocycles. The molecule has 1 atom stereocenters. The first kappa shape index (κ1) is 15.9. The molecule has 1 unspecified atom stereocenters.